The van der Waals surface area contributed by atoms with Gasteiger partial charge in [-0.25, -0.2) is 13.2 Å². The molecule has 0 saturated heterocycles. The summed E-state index contributed by atoms with van der Waals surface area (Å²) < 4.78 is 86.3. The molecular weight excluding hydrogens is 241 g/mol. The van der Waals surface area contributed by atoms with Gasteiger partial charge in [0.2, 0.25) is 11.7 Å². The van der Waals surface area contributed by atoms with Crippen LogP contribution in [0.25, 0.3) is 0 Å². The van der Waals surface area contributed by atoms with E-state index in [2.05, 4.69) is 11.6 Å². The van der Waals surface area contributed by atoms with Crippen molar-refractivity contribution < 1.29 is 30.7 Å². The Morgan fingerprint density at radius 1 is 0.714 bits per heavy atom. The van der Waals surface area contributed by atoms with Gasteiger partial charge in [-0.3, -0.25) is 0 Å². The van der Waals surface area contributed by atoms with Gasteiger partial charge in [-0.2, -0.15) is 17.6 Å². The molecule has 0 bridgehead atoms. The first kappa shape index (κ1) is 11.4. The highest BCUT2D eigenvalue weighted by Crippen LogP contribution is 2.51. The molecule has 0 amide bonds. The largest absolute Gasteiger partial charge is 0.353 e. The number of halogens is 8. The Bertz CT molecular complexity index is 278. The molecule has 0 fully saturated rings. The molecule has 0 saturated carbocycles. The maximum absolute atomic E-state index is 12.4. The second kappa shape index (κ2) is 2.88. The zero-order valence-corrected chi connectivity index (χ0v) is 6.78. The fourth-order valence-electron chi connectivity index (χ4n) is 0.744. The minimum absolute atomic E-state index is 2.35. The third-order valence-electron chi connectivity index (χ3n) is 1.49. The summed E-state index contributed by atoms with van der Waals surface area (Å²) in [7, 11) is 0. The minimum atomic E-state index is -5.07. The summed E-state index contributed by atoms with van der Waals surface area (Å²) >= 11 is 4.44. The van der Waals surface area contributed by atoms with E-state index in [0.29, 0.717) is 0 Å². The van der Waals surface area contributed by atoms with Crippen LogP contribution in [0.1, 0.15) is 0 Å². The average Bonchev–Trinajstić information content (AvgIpc) is 2.11. The molecule has 0 radical (unpaired) electrons. The molecule has 0 nitrogen and oxygen atoms in total. The van der Waals surface area contributed by atoms with E-state index in [0.717, 1.165) is 0 Å². The molecule has 1 aliphatic rings. The second-order valence-electron chi connectivity index (χ2n) is 2.40. The smallest absolute Gasteiger partial charge is 0.203 e. The molecule has 14 heavy (non-hydrogen) atoms. The van der Waals surface area contributed by atoms with E-state index < -0.39 is 34.4 Å². The van der Waals surface area contributed by atoms with E-state index in [4.69, 9.17) is 0 Å². The summed E-state index contributed by atoms with van der Waals surface area (Å²) in [5, 5.41) is -2.35. The van der Waals surface area contributed by atoms with Crippen molar-refractivity contribution in [1.29, 1.82) is 0 Å². The lowest BCUT2D eigenvalue weighted by atomic mass is 10.1. The maximum Gasteiger partial charge on any atom is 0.353 e. The maximum atomic E-state index is 12.4. The SMILES string of the molecule is FC1=C(F)C(F)(F)C(Cl)=C(F)C1(F)F. The second-order valence-corrected chi connectivity index (χ2v) is 2.78. The predicted octanol–water partition coefficient (Wildman–Crippen LogP) is 3.84. The van der Waals surface area contributed by atoms with Crippen molar-refractivity contribution in [2.24, 2.45) is 0 Å². The van der Waals surface area contributed by atoms with Gasteiger partial charge in [0.1, 0.15) is 5.03 Å². The Kier molecular flexibility index (Phi) is 2.34. The number of rotatable bonds is 0. The van der Waals surface area contributed by atoms with Crippen LogP contribution in [0.5, 0.6) is 0 Å². The van der Waals surface area contributed by atoms with Crippen molar-refractivity contribution in [2.75, 3.05) is 0 Å². The van der Waals surface area contributed by atoms with E-state index in [-0.39, 0.29) is 0 Å². The summed E-state index contributed by atoms with van der Waals surface area (Å²) in [4.78, 5) is 0. The molecule has 0 N–H and O–H groups in total. The first-order chi connectivity index (χ1) is 6.13. The fourth-order valence-corrected chi connectivity index (χ4v) is 0.946. The molecule has 1 rings (SSSR count). The third kappa shape index (κ3) is 1.22. The quantitative estimate of drug-likeness (QED) is 0.564. The lowest BCUT2D eigenvalue weighted by Crippen LogP contribution is -2.33. The first-order valence-electron chi connectivity index (χ1n) is 3.01. The van der Waals surface area contributed by atoms with E-state index in [9.17, 15) is 30.7 Å². The summed E-state index contributed by atoms with van der Waals surface area (Å²) in [5.41, 5.74) is 0. The molecule has 80 valence electrons. The fraction of sp³-hybridized carbons (Fsp3) is 0.333. The summed E-state index contributed by atoms with van der Waals surface area (Å²) in [5.74, 6) is -19.1. The molecule has 0 atom stereocenters. The zero-order valence-electron chi connectivity index (χ0n) is 6.02. The van der Waals surface area contributed by atoms with Gasteiger partial charge in [0.25, 0.3) is 0 Å². The van der Waals surface area contributed by atoms with Crippen molar-refractivity contribution in [3.8, 4) is 0 Å². The van der Waals surface area contributed by atoms with Crippen LogP contribution in [0.15, 0.2) is 22.5 Å². The van der Waals surface area contributed by atoms with Crippen molar-refractivity contribution in [1.82, 2.24) is 0 Å². The number of allylic oxidation sites excluding steroid dienone is 4. The van der Waals surface area contributed by atoms with Crippen LogP contribution < -0.4 is 0 Å². The van der Waals surface area contributed by atoms with Crippen LogP contribution in [-0.4, -0.2) is 11.8 Å². The first-order valence-corrected chi connectivity index (χ1v) is 3.39. The molecule has 0 spiro atoms. The summed E-state index contributed by atoms with van der Waals surface area (Å²) in [6.07, 6.45) is 0. The molecule has 0 aliphatic heterocycles. The van der Waals surface area contributed by atoms with E-state index in [1.54, 1.807) is 0 Å². The summed E-state index contributed by atoms with van der Waals surface area (Å²) in [6.45, 7) is 0. The summed E-state index contributed by atoms with van der Waals surface area (Å²) in [6, 6.07) is 0. The van der Waals surface area contributed by atoms with E-state index in [1.807, 2.05) is 0 Å². The lowest BCUT2D eigenvalue weighted by Gasteiger charge is -2.24. The normalized spacial score (nSPS) is 25.7. The highest BCUT2D eigenvalue weighted by molar-refractivity contribution is 6.31. The van der Waals surface area contributed by atoms with Crippen LogP contribution in [0.4, 0.5) is 30.7 Å². The standard InChI is InChI=1S/C6ClF7/c7-1-2(8)6(13,14)4(10)3(9)5(1,11)12. The molecule has 8 heteroatoms. The van der Waals surface area contributed by atoms with Crippen LogP contribution in [0.3, 0.4) is 0 Å². The Balaban J connectivity index is 3.46. The van der Waals surface area contributed by atoms with Gasteiger partial charge in [0, 0.05) is 0 Å². The van der Waals surface area contributed by atoms with Gasteiger partial charge in [-0.05, 0) is 0 Å². The van der Waals surface area contributed by atoms with Gasteiger partial charge >= 0.3 is 11.8 Å². The van der Waals surface area contributed by atoms with E-state index >= 15 is 0 Å². The van der Waals surface area contributed by atoms with Crippen LogP contribution in [0, 0.1) is 0 Å². The van der Waals surface area contributed by atoms with Crippen molar-refractivity contribution in [3.05, 3.63) is 22.5 Å². The molecular formula is C6ClF7. The molecule has 0 aromatic carbocycles. The van der Waals surface area contributed by atoms with Gasteiger partial charge in [-0.15, -0.1) is 0 Å². The van der Waals surface area contributed by atoms with Crippen LogP contribution in [0.2, 0.25) is 0 Å². The Morgan fingerprint density at radius 2 is 1.07 bits per heavy atom. The van der Waals surface area contributed by atoms with Crippen LogP contribution in [-0.2, 0) is 0 Å². The van der Waals surface area contributed by atoms with Gasteiger partial charge in [0.05, 0.1) is 0 Å². The van der Waals surface area contributed by atoms with Crippen LogP contribution >= 0.6 is 11.6 Å². The Labute approximate surface area is 77.6 Å². The van der Waals surface area contributed by atoms with Gasteiger partial charge < -0.3 is 0 Å². The Hall–Kier alpha value is -0.720. The average molecular weight is 241 g/mol. The topological polar surface area (TPSA) is 0 Å². The van der Waals surface area contributed by atoms with Gasteiger partial charge in [-0.1, -0.05) is 11.6 Å². The molecule has 1 aliphatic carbocycles. The molecule has 0 unspecified atom stereocenters. The van der Waals surface area contributed by atoms with Crippen molar-refractivity contribution >= 4 is 11.6 Å². The number of alkyl halides is 4. The predicted molar refractivity (Wildman–Crippen MR) is 33.1 cm³/mol. The monoisotopic (exact) mass is 240 g/mol. The molecule has 0 aromatic heterocycles. The van der Waals surface area contributed by atoms with Crippen molar-refractivity contribution in [2.45, 2.75) is 11.8 Å². The molecule has 0 aromatic rings. The van der Waals surface area contributed by atoms with E-state index in [1.165, 1.54) is 0 Å². The highest BCUT2D eigenvalue weighted by atomic mass is 35.5. The Morgan fingerprint density at radius 3 is 1.50 bits per heavy atom. The van der Waals surface area contributed by atoms with Gasteiger partial charge in [0.15, 0.2) is 5.83 Å². The molecule has 0 heterocycles. The highest BCUT2D eigenvalue weighted by Gasteiger charge is 2.59. The number of hydrogen-bond donors (Lipinski definition) is 0. The lowest BCUT2D eigenvalue weighted by molar-refractivity contribution is -0.0143. The number of hydrogen-bond acceptors (Lipinski definition) is 0. The zero-order chi connectivity index (χ0) is 11.3. The van der Waals surface area contributed by atoms with Crippen molar-refractivity contribution in [3.63, 3.8) is 0 Å². The third-order valence-corrected chi connectivity index (χ3v) is 1.89. The minimum Gasteiger partial charge on any atom is -0.203 e.